The van der Waals surface area contributed by atoms with Gasteiger partial charge >= 0.3 is 0 Å². The van der Waals surface area contributed by atoms with E-state index in [1.807, 2.05) is 0 Å². The third-order valence-electron chi connectivity index (χ3n) is 5.98. The molecule has 3 rings (SSSR count). The second kappa shape index (κ2) is 3.48. The molecule has 6 atom stereocenters. The van der Waals surface area contributed by atoms with E-state index in [2.05, 4.69) is 27.7 Å². The van der Waals surface area contributed by atoms with Crippen molar-refractivity contribution in [1.82, 2.24) is 0 Å². The highest BCUT2D eigenvalue weighted by molar-refractivity contribution is 5.09. The maximum atomic E-state index is 10.7. The Balaban J connectivity index is 2.01. The van der Waals surface area contributed by atoms with E-state index in [1.165, 1.54) is 19.3 Å². The second-order valence-corrected chi connectivity index (χ2v) is 7.40. The topological polar surface area (TPSA) is 29.5 Å². The van der Waals surface area contributed by atoms with Crippen LogP contribution in [-0.4, -0.2) is 22.4 Å². The molecule has 1 saturated heterocycles. The Hall–Kier alpha value is -0.0800. The summed E-state index contributed by atoms with van der Waals surface area (Å²) < 4.78 is 6.32. The van der Waals surface area contributed by atoms with E-state index in [0.29, 0.717) is 11.8 Å². The summed E-state index contributed by atoms with van der Waals surface area (Å²) in [4.78, 5) is 0. The van der Waals surface area contributed by atoms with Crippen molar-refractivity contribution in [1.29, 1.82) is 0 Å². The average Bonchev–Trinajstić information content (AvgIpc) is 2.22. The van der Waals surface area contributed by atoms with Crippen molar-refractivity contribution < 1.29 is 9.84 Å². The highest BCUT2D eigenvalue weighted by Crippen LogP contribution is 2.58. The normalized spacial score (nSPS) is 56.6. The zero-order valence-corrected chi connectivity index (χ0v) is 11.6. The Labute approximate surface area is 105 Å². The van der Waals surface area contributed by atoms with Crippen LogP contribution in [-0.2, 0) is 4.74 Å². The van der Waals surface area contributed by atoms with Crippen molar-refractivity contribution in [3.8, 4) is 0 Å². The Bertz CT molecular complexity index is 323. The van der Waals surface area contributed by atoms with Crippen LogP contribution in [0, 0.1) is 23.7 Å². The van der Waals surface area contributed by atoms with E-state index in [4.69, 9.17) is 4.74 Å². The van der Waals surface area contributed by atoms with Gasteiger partial charge in [-0.25, -0.2) is 0 Å². The first-order valence-corrected chi connectivity index (χ1v) is 7.23. The lowest BCUT2D eigenvalue weighted by Gasteiger charge is -2.63. The molecule has 0 radical (unpaired) electrons. The molecule has 3 aliphatic rings. The van der Waals surface area contributed by atoms with Gasteiger partial charge in [0.2, 0.25) is 0 Å². The van der Waals surface area contributed by atoms with Crippen LogP contribution >= 0.6 is 0 Å². The standard InChI is InChI=1S/C15H26O2/c1-9-5-6-11-12-10(9)7-8-15(4,13(12)16)17-14(11,2)3/h9-13,16H,5-8H2,1-4H3. The molecule has 98 valence electrons. The maximum Gasteiger partial charge on any atom is 0.0922 e. The summed E-state index contributed by atoms with van der Waals surface area (Å²) >= 11 is 0. The Morgan fingerprint density at radius 3 is 2.53 bits per heavy atom. The number of rotatable bonds is 0. The van der Waals surface area contributed by atoms with Crippen LogP contribution in [0.1, 0.15) is 53.4 Å². The van der Waals surface area contributed by atoms with Gasteiger partial charge in [-0.15, -0.1) is 0 Å². The number of hydrogen-bond donors (Lipinski definition) is 1. The molecule has 0 spiro atoms. The van der Waals surface area contributed by atoms with Gasteiger partial charge in [0, 0.05) is 0 Å². The predicted molar refractivity (Wildman–Crippen MR) is 67.7 cm³/mol. The van der Waals surface area contributed by atoms with Crippen LogP contribution in [0.3, 0.4) is 0 Å². The number of aliphatic hydroxyl groups excluding tert-OH is 1. The molecule has 17 heavy (non-hydrogen) atoms. The van der Waals surface area contributed by atoms with Crippen molar-refractivity contribution in [2.75, 3.05) is 0 Å². The minimum absolute atomic E-state index is 0.0581. The third kappa shape index (κ3) is 1.53. The van der Waals surface area contributed by atoms with Crippen molar-refractivity contribution >= 4 is 0 Å². The van der Waals surface area contributed by atoms with Crippen LogP contribution in [0.5, 0.6) is 0 Å². The van der Waals surface area contributed by atoms with Gasteiger partial charge in [0.25, 0.3) is 0 Å². The van der Waals surface area contributed by atoms with E-state index in [-0.39, 0.29) is 17.3 Å². The largest absolute Gasteiger partial charge is 0.390 e. The summed E-state index contributed by atoms with van der Waals surface area (Å²) in [5, 5.41) is 10.7. The predicted octanol–water partition coefficient (Wildman–Crippen LogP) is 2.99. The number of fused-ring (bicyclic) bond motifs is 1. The molecule has 1 aliphatic heterocycles. The Morgan fingerprint density at radius 1 is 1.12 bits per heavy atom. The SMILES string of the molecule is CC1CCC2C3C1CCC(C)(OC2(C)C)C3O. The molecule has 2 nitrogen and oxygen atoms in total. The van der Waals surface area contributed by atoms with Gasteiger partial charge in [0.05, 0.1) is 17.3 Å². The molecule has 2 saturated carbocycles. The zero-order valence-electron chi connectivity index (χ0n) is 11.6. The first kappa shape index (κ1) is 12.0. The second-order valence-electron chi connectivity index (χ2n) is 7.40. The monoisotopic (exact) mass is 238 g/mol. The summed E-state index contributed by atoms with van der Waals surface area (Å²) in [6.45, 7) is 8.95. The fourth-order valence-corrected chi connectivity index (χ4v) is 5.07. The van der Waals surface area contributed by atoms with E-state index in [9.17, 15) is 5.11 Å². The van der Waals surface area contributed by atoms with Crippen LogP contribution < -0.4 is 0 Å². The first-order chi connectivity index (χ1) is 7.85. The maximum absolute atomic E-state index is 10.7. The van der Waals surface area contributed by atoms with E-state index in [1.54, 1.807) is 0 Å². The van der Waals surface area contributed by atoms with Gasteiger partial charge < -0.3 is 9.84 Å². The molecule has 6 unspecified atom stereocenters. The summed E-state index contributed by atoms with van der Waals surface area (Å²) in [6, 6.07) is 0. The Morgan fingerprint density at radius 2 is 1.82 bits per heavy atom. The van der Waals surface area contributed by atoms with Gasteiger partial charge in [-0.3, -0.25) is 0 Å². The summed E-state index contributed by atoms with van der Waals surface area (Å²) in [5.74, 6) is 2.53. The zero-order chi connectivity index (χ0) is 12.4. The van der Waals surface area contributed by atoms with Gasteiger partial charge in [0.15, 0.2) is 0 Å². The third-order valence-corrected chi connectivity index (χ3v) is 5.98. The molecule has 0 aromatic carbocycles. The van der Waals surface area contributed by atoms with Crippen LogP contribution in [0.15, 0.2) is 0 Å². The van der Waals surface area contributed by atoms with Crippen molar-refractivity contribution in [2.24, 2.45) is 23.7 Å². The molecule has 1 N–H and O–H groups in total. The lowest BCUT2D eigenvalue weighted by molar-refractivity contribution is -0.303. The van der Waals surface area contributed by atoms with E-state index < -0.39 is 0 Å². The molecular weight excluding hydrogens is 212 g/mol. The van der Waals surface area contributed by atoms with Gasteiger partial charge in [0.1, 0.15) is 0 Å². The summed E-state index contributed by atoms with van der Waals surface area (Å²) in [7, 11) is 0. The smallest absolute Gasteiger partial charge is 0.0922 e. The minimum atomic E-state index is -0.293. The fourth-order valence-electron chi connectivity index (χ4n) is 5.07. The fraction of sp³-hybridized carbons (Fsp3) is 1.00. The molecule has 1 heterocycles. The molecule has 0 amide bonds. The van der Waals surface area contributed by atoms with Gasteiger partial charge in [-0.2, -0.15) is 0 Å². The average molecular weight is 238 g/mol. The quantitative estimate of drug-likeness (QED) is 0.703. The van der Waals surface area contributed by atoms with Crippen LogP contribution in [0.4, 0.5) is 0 Å². The number of ether oxygens (including phenoxy) is 1. The number of hydrogen-bond acceptors (Lipinski definition) is 2. The minimum Gasteiger partial charge on any atom is -0.390 e. The summed E-state index contributed by atoms with van der Waals surface area (Å²) in [6.07, 6.45) is 4.55. The van der Waals surface area contributed by atoms with Gasteiger partial charge in [-0.05, 0) is 63.7 Å². The molecule has 0 aromatic heterocycles. The lowest BCUT2D eigenvalue weighted by atomic mass is 9.52. The van der Waals surface area contributed by atoms with Gasteiger partial charge in [-0.1, -0.05) is 13.3 Å². The Kier molecular flexibility index (Phi) is 2.45. The van der Waals surface area contributed by atoms with Crippen molar-refractivity contribution in [2.45, 2.75) is 70.7 Å². The van der Waals surface area contributed by atoms with Crippen LogP contribution in [0.25, 0.3) is 0 Å². The molecular formula is C15H26O2. The number of aliphatic hydroxyl groups is 1. The van der Waals surface area contributed by atoms with Crippen molar-refractivity contribution in [3.63, 3.8) is 0 Å². The molecule has 3 fully saturated rings. The molecule has 2 bridgehead atoms. The van der Waals surface area contributed by atoms with Crippen LogP contribution in [0.2, 0.25) is 0 Å². The highest BCUT2D eigenvalue weighted by Gasteiger charge is 2.61. The lowest BCUT2D eigenvalue weighted by Crippen LogP contribution is -2.67. The summed E-state index contributed by atoms with van der Waals surface area (Å²) in [5.41, 5.74) is -0.352. The van der Waals surface area contributed by atoms with Crippen molar-refractivity contribution in [3.05, 3.63) is 0 Å². The van der Waals surface area contributed by atoms with E-state index in [0.717, 1.165) is 18.3 Å². The highest BCUT2D eigenvalue weighted by atomic mass is 16.5. The molecule has 2 heteroatoms. The molecule has 2 aliphatic carbocycles. The van der Waals surface area contributed by atoms with E-state index >= 15 is 0 Å². The molecule has 0 aromatic rings. The first-order valence-electron chi connectivity index (χ1n) is 7.23.